The molecule has 3 amide bonds. The molecule has 3 unspecified atom stereocenters. The van der Waals surface area contributed by atoms with E-state index in [0.29, 0.717) is 12.0 Å². The number of carbonyl (C=O) groups is 2. The van der Waals surface area contributed by atoms with Crippen LogP contribution >= 0.6 is 0 Å². The monoisotopic (exact) mass is 181 g/mol. The van der Waals surface area contributed by atoms with Gasteiger partial charge in [-0.25, -0.2) is 4.79 Å². The van der Waals surface area contributed by atoms with Crippen LogP contribution < -0.4 is 10.6 Å². The zero-order chi connectivity index (χ0) is 9.00. The van der Waals surface area contributed by atoms with Crippen molar-refractivity contribution in [2.45, 2.75) is 18.5 Å². The number of fused-ring (bicyclic) bond motifs is 1. The van der Waals surface area contributed by atoms with E-state index in [1.165, 1.54) is 4.90 Å². The summed E-state index contributed by atoms with van der Waals surface area (Å²) in [5.74, 6) is 0.422. The number of hydrogen-bond acceptors (Lipinski definition) is 3. The van der Waals surface area contributed by atoms with Gasteiger partial charge in [0.2, 0.25) is 5.91 Å². The second-order valence-corrected chi connectivity index (χ2v) is 3.92. The number of urea groups is 1. The first kappa shape index (κ1) is 7.32. The molecule has 5 nitrogen and oxygen atoms in total. The molecule has 3 aliphatic heterocycles. The van der Waals surface area contributed by atoms with Gasteiger partial charge < -0.3 is 10.6 Å². The molecule has 0 radical (unpaired) electrons. The third-order valence-electron chi connectivity index (χ3n) is 3.27. The minimum Gasteiger partial charge on any atom is -0.329 e. The molecular weight excluding hydrogens is 170 g/mol. The Hall–Kier alpha value is -1.10. The highest BCUT2D eigenvalue weighted by atomic mass is 16.2. The average Bonchev–Trinajstić information content (AvgIpc) is 2.73. The number of amides is 3. The van der Waals surface area contributed by atoms with Gasteiger partial charge in [0.05, 0.1) is 12.6 Å². The Labute approximate surface area is 75.5 Å². The zero-order valence-corrected chi connectivity index (χ0v) is 7.12. The summed E-state index contributed by atoms with van der Waals surface area (Å²) < 4.78 is 0. The maximum atomic E-state index is 11.4. The van der Waals surface area contributed by atoms with Crippen LogP contribution in [0, 0.1) is 5.92 Å². The minimum atomic E-state index is -0.214. The van der Waals surface area contributed by atoms with Gasteiger partial charge in [-0.2, -0.15) is 0 Å². The van der Waals surface area contributed by atoms with Gasteiger partial charge in [-0.1, -0.05) is 0 Å². The van der Waals surface area contributed by atoms with E-state index in [1.54, 1.807) is 0 Å². The minimum absolute atomic E-state index is 0.0756. The fourth-order valence-electron chi connectivity index (χ4n) is 2.58. The molecule has 0 aromatic heterocycles. The third-order valence-corrected chi connectivity index (χ3v) is 3.27. The first-order valence-corrected chi connectivity index (χ1v) is 4.60. The zero-order valence-electron chi connectivity index (χ0n) is 7.12. The molecular formula is C8H11N3O2. The summed E-state index contributed by atoms with van der Waals surface area (Å²) in [7, 11) is 0. The van der Waals surface area contributed by atoms with E-state index in [0.717, 1.165) is 13.0 Å². The van der Waals surface area contributed by atoms with Gasteiger partial charge in [0, 0.05) is 12.6 Å². The maximum absolute atomic E-state index is 11.4. The van der Waals surface area contributed by atoms with Crippen LogP contribution in [0.4, 0.5) is 4.79 Å². The predicted octanol–water partition coefficient (Wildman–Crippen LogP) is -1.10. The Balaban J connectivity index is 1.85. The number of carbonyl (C=O) groups excluding carboxylic acids is 2. The van der Waals surface area contributed by atoms with E-state index < -0.39 is 0 Å². The Morgan fingerprint density at radius 2 is 2.23 bits per heavy atom. The number of hydrogen-bond donors (Lipinski definition) is 2. The molecule has 3 saturated heterocycles. The number of nitrogens with zero attached hydrogens (tertiary/aromatic N) is 1. The van der Waals surface area contributed by atoms with Crippen LogP contribution in [0.2, 0.25) is 0 Å². The van der Waals surface area contributed by atoms with E-state index in [9.17, 15) is 9.59 Å². The molecule has 3 heterocycles. The third kappa shape index (κ3) is 0.798. The highest BCUT2D eigenvalue weighted by molar-refractivity contribution is 6.02. The number of nitrogens with one attached hydrogen (secondary N) is 2. The number of rotatable bonds is 1. The summed E-state index contributed by atoms with van der Waals surface area (Å²) in [5.41, 5.74) is 0. The second-order valence-electron chi connectivity index (χ2n) is 3.92. The van der Waals surface area contributed by atoms with Gasteiger partial charge in [-0.3, -0.25) is 9.69 Å². The molecule has 4 aliphatic rings. The highest BCUT2D eigenvalue weighted by Crippen LogP contribution is 2.38. The SMILES string of the molecule is O=C1CNC(=O)N1C1C2CNC1C2. The fraction of sp³-hybridized carbons (Fsp3) is 0.750. The van der Waals surface area contributed by atoms with Gasteiger partial charge >= 0.3 is 6.03 Å². The topological polar surface area (TPSA) is 61.4 Å². The molecule has 0 aromatic carbocycles. The van der Waals surface area contributed by atoms with Crippen molar-refractivity contribution in [2.24, 2.45) is 5.92 Å². The van der Waals surface area contributed by atoms with Crippen LogP contribution in [0.25, 0.3) is 0 Å². The summed E-state index contributed by atoms with van der Waals surface area (Å²) in [4.78, 5) is 24.1. The smallest absolute Gasteiger partial charge is 0.324 e. The molecule has 70 valence electrons. The van der Waals surface area contributed by atoms with E-state index in [1.807, 2.05) is 0 Å². The normalized spacial score (nSPS) is 42.2. The lowest BCUT2D eigenvalue weighted by molar-refractivity contribution is -0.128. The molecule has 3 atom stereocenters. The second kappa shape index (κ2) is 2.23. The first-order chi connectivity index (χ1) is 6.27. The lowest BCUT2D eigenvalue weighted by Gasteiger charge is -2.39. The van der Waals surface area contributed by atoms with E-state index in [-0.39, 0.29) is 24.5 Å². The lowest BCUT2D eigenvalue weighted by Crippen LogP contribution is -2.56. The Kier molecular flexibility index (Phi) is 1.25. The Morgan fingerprint density at radius 1 is 1.38 bits per heavy atom. The molecule has 0 spiro atoms. The van der Waals surface area contributed by atoms with E-state index in [2.05, 4.69) is 10.6 Å². The molecule has 5 heteroatoms. The van der Waals surface area contributed by atoms with E-state index in [4.69, 9.17) is 0 Å². The van der Waals surface area contributed by atoms with Crippen LogP contribution in [0.3, 0.4) is 0 Å². The maximum Gasteiger partial charge on any atom is 0.324 e. The summed E-state index contributed by atoms with van der Waals surface area (Å²) in [6.45, 7) is 1.13. The predicted molar refractivity (Wildman–Crippen MR) is 43.9 cm³/mol. The summed E-state index contributed by atoms with van der Waals surface area (Å²) in [5, 5.41) is 5.83. The largest absolute Gasteiger partial charge is 0.329 e. The van der Waals surface area contributed by atoms with Crippen molar-refractivity contribution in [1.29, 1.82) is 0 Å². The van der Waals surface area contributed by atoms with Crippen molar-refractivity contribution in [1.82, 2.24) is 15.5 Å². The van der Waals surface area contributed by atoms with Crippen LogP contribution in [-0.2, 0) is 4.79 Å². The molecule has 1 aliphatic carbocycles. The summed E-state index contributed by atoms with van der Waals surface area (Å²) >= 11 is 0. The molecule has 2 bridgehead atoms. The quantitative estimate of drug-likeness (QED) is 0.505. The van der Waals surface area contributed by atoms with Crippen LogP contribution in [0.5, 0.6) is 0 Å². The molecule has 4 fully saturated rings. The van der Waals surface area contributed by atoms with Gasteiger partial charge in [0.25, 0.3) is 0 Å². The van der Waals surface area contributed by atoms with Crippen molar-refractivity contribution in [3.63, 3.8) is 0 Å². The van der Waals surface area contributed by atoms with Crippen molar-refractivity contribution in [3.05, 3.63) is 0 Å². The average molecular weight is 181 g/mol. The van der Waals surface area contributed by atoms with Crippen molar-refractivity contribution >= 4 is 11.9 Å². The van der Waals surface area contributed by atoms with E-state index >= 15 is 0 Å². The van der Waals surface area contributed by atoms with Gasteiger partial charge in [-0.15, -0.1) is 0 Å². The van der Waals surface area contributed by atoms with Gasteiger partial charge in [0.15, 0.2) is 0 Å². The van der Waals surface area contributed by atoms with Crippen LogP contribution in [0.1, 0.15) is 6.42 Å². The van der Waals surface area contributed by atoms with Crippen molar-refractivity contribution < 1.29 is 9.59 Å². The summed E-state index contributed by atoms with van der Waals surface area (Å²) in [6, 6.07) is 0.279. The standard InChI is InChI=1S/C8H11N3O2/c12-6-3-10-8(13)11(6)7-4-1-5(7)9-2-4/h4-5,7,9H,1-3H2,(H,10,13). The van der Waals surface area contributed by atoms with Crippen molar-refractivity contribution in [3.8, 4) is 0 Å². The van der Waals surface area contributed by atoms with Gasteiger partial charge in [-0.05, 0) is 12.3 Å². The molecule has 1 saturated carbocycles. The molecule has 0 aromatic rings. The van der Waals surface area contributed by atoms with Crippen LogP contribution in [0.15, 0.2) is 0 Å². The molecule has 2 N–H and O–H groups in total. The van der Waals surface area contributed by atoms with Crippen LogP contribution in [-0.4, -0.2) is 42.0 Å². The van der Waals surface area contributed by atoms with Crippen molar-refractivity contribution in [2.75, 3.05) is 13.1 Å². The Morgan fingerprint density at radius 3 is 2.69 bits per heavy atom. The lowest BCUT2D eigenvalue weighted by atomic mass is 9.79. The molecule has 4 rings (SSSR count). The van der Waals surface area contributed by atoms with Gasteiger partial charge in [0.1, 0.15) is 0 Å². The molecule has 13 heavy (non-hydrogen) atoms. The number of imide groups is 1. The summed E-state index contributed by atoms with van der Waals surface area (Å²) in [6.07, 6.45) is 1.11. The fourth-order valence-corrected chi connectivity index (χ4v) is 2.58. The highest BCUT2D eigenvalue weighted by Gasteiger charge is 2.54. The Bertz CT molecular complexity index is 261. The first-order valence-electron chi connectivity index (χ1n) is 4.60.